The normalized spacial score (nSPS) is 64.8. The molecule has 0 aromatic heterocycles. The highest BCUT2D eigenvalue weighted by molar-refractivity contribution is 5.11. The Kier molecular flexibility index (Phi) is 1.86. The molecule has 6 atom stereocenters. The standard InChI is InChI=1S/C16H26O/c1-14(7-6-12-8-15(12,2)10-14)11-4-5-13-16(3,9-11)17-13/h11-13H,4-10H2,1-3H3. The van der Waals surface area contributed by atoms with Gasteiger partial charge in [0.25, 0.3) is 0 Å². The monoisotopic (exact) mass is 234 g/mol. The lowest BCUT2D eigenvalue weighted by atomic mass is 9.59. The molecule has 1 heteroatoms. The van der Waals surface area contributed by atoms with Crippen LogP contribution in [-0.4, -0.2) is 11.7 Å². The largest absolute Gasteiger partial charge is 0.366 e. The zero-order chi connectivity index (χ0) is 11.9. The topological polar surface area (TPSA) is 12.5 Å². The van der Waals surface area contributed by atoms with E-state index >= 15 is 0 Å². The van der Waals surface area contributed by atoms with Gasteiger partial charge < -0.3 is 4.74 Å². The van der Waals surface area contributed by atoms with Crippen molar-refractivity contribution < 1.29 is 4.74 Å². The SMILES string of the molecule is CC1(C2CCC3OC3(C)C2)CCC2CC2(C)C1. The number of epoxide rings is 1. The molecule has 17 heavy (non-hydrogen) atoms. The molecule has 0 radical (unpaired) electrons. The first-order valence-corrected chi connectivity index (χ1v) is 7.61. The molecule has 3 aliphatic carbocycles. The first-order chi connectivity index (χ1) is 7.94. The van der Waals surface area contributed by atoms with E-state index in [1.165, 1.54) is 44.9 Å². The molecule has 1 aliphatic heterocycles. The van der Waals surface area contributed by atoms with E-state index in [1.807, 2.05) is 0 Å². The zero-order valence-electron chi connectivity index (χ0n) is 11.6. The average molecular weight is 234 g/mol. The second kappa shape index (κ2) is 2.92. The van der Waals surface area contributed by atoms with Crippen molar-refractivity contribution in [3.05, 3.63) is 0 Å². The number of hydrogen-bond acceptors (Lipinski definition) is 1. The van der Waals surface area contributed by atoms with Crippen LogP contribution in [0.5, 0.6) is 0 Å². The molecular weight excluding hydrogens is 208 g/mol. The van der Waals surface area contributed by atoms with Crippen LogP contribution in [0.1, 0.15) is 65.7 Å². The number of ether oxygens (including phenoxy) is 1. The van der Waals surface area contributed by atoms with Crippen LogP contribution in [0, 0.1) is 22.7 Å². The minimum Gasteiger partial charge on any atom is -0.366 e. The highest BCUT2D eigenvalue weighted by Gasteiger charge is 2.62. The van der Waals surface area contributed by atoms with Crippen LogP contribution < -0.4 is 0 Å². The molecule has 0 spiro atoms. The summed E-state index contributed by atoms with van der Waals surface area (Å²) in [6, 6.07) is 0. The first-order valence-electron chi connectivity index (χ1n) is 7.61. The van der Waals surface area contributed by atoms with Crippen molar-refractivity contribution in [2.75, 3.05) is 0 Å². The third-order valence-corrected chi connectivity index (χ3v) is 6.86. The first kappa shape index (κ1) is 10.8. The summed E-state index contributed by atoms with van der Waals surface area (Å²) in [6.45, 7) is 7.47. The Morgan fingerprint density at radius 3 is 2.35 bits per heavy atom. The fourth-order valence-corrected chi connectivity index (χ4v) is 5.41. The molecule has 1 saturated heterocycles. The molecule has 1 heterocycles. The maximum absolute atomic E-state index is 5.89. The maximum atomic E-state index is 5.89. The molecule has 4 aliphatic rings. The summed E-state index contributed by atoms with van der Waals surface area (Å²) in [5.74, 6) is 2.02. The van der Waals surface area contributed by atoms with Crippen molar-refractivity contribution in [2.45, 2.75) is 77.4 Å². The average Bonchev–Trinajstić information content (AvgIpc) is 3.09. The smallest absolute Gasteiger partial charge is 0.0923 e. The van der Waals surface area contributed by atoms with Gasteiger partial charge >= 0.3 is 0 Å². The van der Waals surface area contributed by atoms with E-state index in [9.17, 15) is 0 Å². The number of fused-ring (bicyclic) bond motifs is 2. The minimum absolute atomic E-state index is 0.285. The van der Waals surface area contributed by atoms with Gasteiger partial charge in [-0.25, -0.2) is 0 Å². The zero-order valence-corrected chi connectivity index (χ0v) is 11.6. The van der Waals surface area contributed by atoms with E-state index in [1.54, 1.807) is 0 Å². The summed E-state index contributed by atoms with van der Waals surface area (Å²) in [5, 5.41) is 0. The summed E-state index contributed by atoms with van der Waals surface area (Å²) in [5.41, 5.74) is 1.64. The molecule has 0 N–H and O–H groups in total. The van der Waals surface area contributed by atoms with Gasteiger partial charge in [0, 0.05) is 0 Å². The van der Waals surface area contributed by atoms with Crippen LogP contribution in [0.2, 0.25) is 0 Å². The Morgan fingerprint density at radius 2 is 1.65 bits per heavy atom. The van der Waals surface area contributed by atoms with Crippen molar-refractivity contribution in [1.29, 1.82) is 0 Å². The van der Waals surface area contributed by atoms with E-state index in [2.05, 4.69) is 20.8 Å². The number of hydrogen-bond donors (Lipinski definition) is 0. The van der Waals surface area contributed by atoms with Crippen molar-refractivity contribution in [1.82, 2.24) is 0 Å². The van der Waals surface area contributed by atoms with Crippen LogP contribution >= 0.6 is 0 Å². The predicted octanol–water partition coefficient (Wildman–Crippen LogP) is 4.16. The second-order valence-corrected chi connectivity index (χ2v) is 8.32. The molecular formula is C16H26O. The molecule has 0 bridgehead atoms. The molecule has 1 nitrogen and oxygen atoms in total. The Bertz CT molecular complexity index is 365. The molecule has 96 valence electrons. The summed E-state index contributed by atoms with van der Waals surface area (Å²) in [4.78, 5) is 0. The summed E-state index contributed by atoms with van der Waals surface area (Å²) in [6.07, 6.45) is 10.7. The lowest BCUT2D eigenvalue weighted by Gasteiger charge is -2.45. The number of rotatable bonds is 1. The van der Waals surface area contributed by atoms with Gasteiger partial charge in [0.2, 0.25) is 0 Å². The van der Waals surface area contributed by atoms with Gasteiger partial charge in [-0.2, -0.15) is 0 Å². The van der Waals surface area contributed by atoms with Crippen LogP contribution in [0.3, 0.4) is 0 Å². The minimum atomic E-state index is 0.285. The quantitative estimate of drug-likeness (QED) is 0.621. The van der Waals surface area contributed by atoms with Gasteiger partial charge in [-0.3, -0.25) is 0 Å². The van der Waals surface area contributed by atoms with E-state index in [4.69, 9.17) is 4.74 Å². The lowest BCUT2D eigenvalue weighted by molar-refractivity contribution is 0.0525. The van der Waals surface area contributed by atoms with Gasteiger partial charge in [-0.15, -0.1) is 0 Å². The van der Waals surface area contributed by atoms with Gasteiger partial charge in [-0.1, -0.05) is 13.8 Å². The van der Waals surface area contributed by atoms with Crippen molar-refractivity contribution >= 4 is 0 Å². The van der Waals surface area contributed by atoms with Crippen molar-refractivity contribution in [2.24, 2.45) is 22.7 Å². The lowest BCUT2D eigenvalue weighted by Crippen LogP contribution is -2.38. The van der Waals surface area contributed by atoms with Gasteiger partial charge in [0.05, 0.1) is 11.7 Å². The van der Waals surface area contributed by atoms with Crippen molar-refractivity contribution in [3.63, 3.8) is 0 Å². The molecule has 4 fully saturated rings. The predicted molar refractivity (Wildman–Crippen MR) is 68.8 cm³/mol. The Hall–Kier alpha value is -0.0400. The summed E-state index contributed by atoms with van der Waals surface area (Å²) >= 11 is 0. The Balaban J connectivity index is 1.53. The molecule has 0 aromatic carbocycles. The van der Waals surface area contributed by atoms with Crippen LogP contribution in [0.25, 0.3) is 0 Å². The van der Waals surface area contributed by atoms with E-state index < -0.39 is 0 Å². The Morgan fingerprint density at radius 1 is 0.882 bits per heavy atom. The van der Waals surface area contributed by atoms with Crippen LogP contribution in [0.15, 0.2) is 0 Å². The molecule has 4 rings (SSSR count). The maximum Gasteiger partial charge on any atom is 0.0923 e. The molecule has 3 saturated carbocycles. The van der Waals surface area contributed by atoms with E-state index in [0.717, 1.165) is 17.3 Å². The van der Waals surface area contributed by atoms with Gasteiger partial charge in [-0.05, 0) is 74.5 Å². The van der Waals surface area contributed by atoms with Crippen LogP contribution in [-0.2, 0) is 4.74 Å². The summed E-state index contributed by atoms with van der Waals surface area (Å²) < 4.78 is 5.89. The second-order valence-electron chi connectivity index (χ2n) is 8.32. The molecule has 6 unspecified atom stereocenters. The van der Waals surface area contributed by atoms with Gasteiger partial charge in [0.15, 0.2) is 0 Å². The van der Waals surface area contributed by atoms with Crippen LogP contribution in [0.4, 0.5) is 0 Å². The fraction of sp³-hybridized carbons (Fsp3) is 1.00. The molecule has 0 amide bonds. The third-order valence-electron chi connectivity index (χ3n) is 6.86. The third kappa shape index (κ3) is 1.47. The van der Waals surface area contributed by atoms with Gasteiger partial charge in [0.1, 0.15) is 0 Å². The molecule has 0 aromatic rings. The Labute approximate surface area is 105 Å². The highest BCUT2D eigenvalue weighted by atomic mass is 16.6. The highest BCUT2D eigenvalue weighted by Crippen LogP contribution is 2.68. The van der Waals surface area contributed by atoms with E-state index in [-0.39, 0.29) is 5.60 Å². The van der Waals surface area contributed by atoms with E-state index in [0.29, 0.717) is 11.5 Å². The van der Waals surface area contributed by atoms with Crippen molar-refractivity contribution in [3.8, 4) is 0 Å². The summed E-state index contributed by atoms with van der Waals surface area (Å²) in [7, 11) is 0. The fourth-order valence-electron chi connectivity index (χ4n) is 5.41.